The van der Waals surface area contributed by atoms with Crippen LogP contribution in [0.5, 0.6) is 0 Å². The highest BCUT2D eigenvalue weighted by Gasteiger charge is 2.29. The summed E-state index contributed by atoms with van der Waals surface area (Å²) in [6, 6.07) is 5.58. The van der Waals surface area contributed by atoms with Crippen molar-refractivity contribution in [3.8, 4) is 0 Å². The molecule has 0 radical (unpaired) electrons. The highest BCUT2D eigenvalue weighted by Crippen LogP contribution is 2.24. The molecule has 2 heterocycles. The standard InChI is InChI=1S/C16H20Cl2N4O2S/c1-2-21-12-14(10-19-21)25(23,24)22-7-5-20(6-8-22)11-13-3-4-15(17)16(18)9-13/h3-4,9-10,12H,2,5-8,11H2,1H3. The molecule has 6 nitrogen and oxygen atoms in total. The molecule has 0 N–H and O–H groups in total. The average molecular weight is 403 g/mol. The van der Waals surface area contributed by atoms with E-state index >= 15 is 0 Å². The lowest BCUT2D eigenvalue weighted by Crippen LogP contribution is -2.48. The zero-order valence-corrected chi connectivity index (χ0v) is 16.2. The summed E-state index contributed by atoms with van der Waals surface area (Å²) >= 11 is 12.0. The van der Waals surface area contributed by atoms with E-state index in [1.807, 2.05) is 19.1 Å². The number of aryl methyl sites for hydroxylation is 1. The molecule has 1 saturated heterocycles. The van der Waals surface area contributed by atoms with Gasteiger partial charge in [0.2, 0.25) is 10.0 Å². The second-order valence-corrected chi connectivity index (χ2v) is 8.71. The molecule has 0 atom stereocenters. The first-order valence-electron chi connectivity index (χ1n) is 8.09. The minimum absolute atomic E-state index is 0.257. The first kappa shape index (κ1) is 18.7. The molecule has 0 spiro atoms. The minimum atomic E-state index is -3.48. The van der Waals surface area contributed by atoms with E-state index in [1.54, 1.807) is 16.9 Å². The van der Waals surface area contributed by atoms with Crippen LogP contribution in [0.2, 0.25) is 10.0 Å². The molecule has 1 aromatic heterocycles. The van der Waals surface area contributed by atoms with Crippen molar-refractivity contribution in [2.24, 2.45) is 0 Å². The summed E-state index contributed by atoms with van der Waals surface area (Å²) in [6.45, 7) is 5.54. The van der Waals surface area contributed by atoms with Gasteiger partial charge >= 0.3 is 0 Å². The van der Waals surface area contributed by atoms with Gasteiger partial charge in [-0.2, -0.15) is 9.40 Å². The van der Waals surface area contributed by atoms with E-state index in [9.17, 15) is 8.42 Å². The Hall–Kier alpha value is -1.12. The lowest BCUT2D eigenvalue weighted by atomic mass is 10.2. The monoisotopic (exact) mass is 402 g/mol. The number of aromatic nitrogens is 2. The predicted octanol–water partition coefficient (Wildman–Crippen LogP) is 2.72. The van der Waals surface area contributed by atoms with E-state index in [2.05, 4.69) is 10.00 Å². The molecule has 0 amide bonds. The first-order valence-corrected chi connectivity index (χ1v) is 10.3. The van der Waals surface area contributed by atoms with Crippen LogP contribution >= 0.6 is 23.2 Å². The maximum atomic E-state index is 12.7. The van der Waals surface area contributed by atoms with Crippen LogP contribution in [-0.2, 0) is 23.1 Å². The molecule has 136 valence electrons. The molecule has 0 aliphatic carbocycles. The molecule has 1 aliphatic rings. The maximum absolute atomic E-state index is 12.7. The molecule has 25 heavy (non-hydrogen) atoms. The minimum Gasteiger partial charge on any atom is -0.296 e. The number of halogens is 2. The van der Waals surface area contributed by atoms with Crippen molar-refractivity contribution >= 4 is 33.2 Å². The summed E-state index contributed by atoms with van der Waals surface area (Å²) in [7, 11) is -3.48. The van der Waals surface area contributed by atoms with Gasteiger partial charge in [0.15, 0.2) is 0 Å². The van der Waals surface area contributed by atoms with E-state index < -0.39 is 10.0 Å². The third-order valence-electron chi connectivity index (χ3n) is 4.29. The van der Waals surface area contributed by atoms with Crippen LogP contribution in [0.1, 0.15) is 12.5 Å². The van der Waals surface area contributed by atoms with Gasteiger partial charge in [0, 0.05) is 45.5 Å². The van der Waals surface area contributed by atoms with Gasteiger partial charge in [-0.05, 0) is 24.6 Å². The van der Waals surface area contributed by atoms with Crippen LogP contribution < -0.4 is 0 Å². The normalized spacial score (nSPS) is 17.1. The third kappa shape index (κ3) is 4.17. The van der Waals surface area contributed by atoms with Crippen LogP contribution in [0.25, 0.3) is 0 Å². The highest BCUT2D eigenvalue weighted by molar-refractivity contribution is 7.89. The van der Waals surface area contributed by atoms with Gasteiger partial charge in [0.1, 0.15) is 4.90 Å². The van der Waals surface area contributed by atoms with Gasteiger partial charge in [0.25, 0.3) is 0 Å². The van der Waals surface area contributed by atoms with Crippen molar-refractivity contribution < 1.29 is 8.42 Å². The number of hydrogen-bond acceptors (Lipinski definition) is 4. The van der Waals surface area contributed by atoms with Crippen molar-refractivity contribution in [1.29, 1.82) is 0 Å². The Morgan fingerprint density at radius 2 is 1.84 bits per heavy atom. The summed E-state index contributed by atoms with van der Waals surface area (Å²) in [4.78, 5) is 2.47. The second kappa shape index (κ2) is 7.63. The molecule has 9 heteroatoms. The van der Waals surface area contributed by atoms with E-state index in [-0.39, 0.29) is 4.90 Å². The quantitative estimate of drug-likeness (QED) is 0.771. The van der Waals surface area contributed by atoms with E-state index in [4.69, 9.17) is 23.2 Å². The Morgan fingerprint density at radius 1 is 1.12 bits per heavy atom. The third-order valence-corrected chi connectivity index (χ3v) is 6.88. The Balaban J connectivity index is 1.62. The Labute approximate surface area is 158 Å². The van der Waals surface area contributed by atoms with E-state index in [0.717, 1.165) is 12.1 Å². The maximum Gasteiger partial charge on any atom is 0.246 e. The SMILES string of the molecule is CCn1cc(S(=O)(=O)N2CCN(Cc3ccc(Cl)c(Cl)c3)CC2)cn1. The number of sulfonamides is 1. The second-order valence-electron chi connectivity index (χ2n) is 5.96. The van der Waals surface area contributed by atoms with E-state index in [1.165, 1.54) is 10.5 Å². The average Bonchev–Trinajstić information content (AvgIpc) is 3.09. The fourth-order valence-electron chi connectivity index (χ4n) is 2.82. The number of nitrogens with zero attached hydrogens (tertiary/aromatic N) is 4. The lowest BCUT2D eigenvalue weighted by Gasteiger charge is -2.33. The van der Waals surface area contributed by atoms with Crippen LogP contribution in [0.4, 0.5) is 0 Å². The van der Waals surface area contributed by atoms with Crippen LogP contribution in [-0.4, -0.2) is 53.6 Å². The lowest BCUT2D eigenvalue weighted by molar-refractivity contribution is 0.181. The Bertz CT molecular complexity index is 846. The zero-order valence-electron chi connectivity index (χ0n) is 13.9. The van der Waals surface area contributed by atoms with Gasteiger partial charge in [-0.3, -0.25) is 9.58 Å². The van der Waals surface area contributed by atoms with Crippen molar-refractivity contribution in [3.63, 3.8) is 0 Å². The largest absolute Gasteiger partial charge is 0.296 e. The summed E-state index contributed by atoms with van der Waals surface area (Å²) in [5.41, 5.74) is 1.06. The van der Waals surface area contributed by atoms with Crippen LogP contribution in [0.3, 0.4) is 0 Å². The summed E-state index contributed by atoms with van der Waals surface area (Å²) in [5.74, 6) is 0. The van der Waals surface area contributed by atoms with Gasteiger partial charge in [0.05, 0.1) is 16.2 Å². The predicted molar refractivity (Wildman–Crippen MR) is 98.4 cm³/mol. The van der Waals surface area contributed by atoms with Crippen molar-refractivity contribution in [2.75, 3.05) is 26.2 Å². The van der Waals surface area contributed by atoms with Crippen molar-refractivity contribution in [2.45, 2.75) is 24.9 Å². The van der Waals surface area contributed by atoms with Crippen LogP contribution in [0, 0.1) is 0 Å². The number of rotatable bonds is 5. The zero-order chi connectivity index (χ0) is 18.0. The molecule has 0 saturated carbocycles. The van der Waals surface area contributed by atoms with Gasteiger partial charge < -0.3 is 0 Å². The van der Waals surface area contributed by atoms with Crippen LogP contribution in [0.15, 0.2) is 35.5 Å². The first-order chi connectivity index (χ1) is 11.9. The smallest absolute Gasteiger partial charge is 0.246 e. The van der Waals surface area contributed by atoms with Gasteiger partial charge in [-0.25, -0.2) is 8.42 Å². The molecule has 2 aromatic rings. The fraction of sp³-hybridized carbons (Fsp3) is 0.438. The molecule has 1 aromatic carbocycles. The molecule has 0 unspecified atom stereocenters. The summed E-state index contributed by atoms with van der Waals surface area (Å²) in [5, 5.41) is 5.13. The molecular weight excluding hydrogens is 383 g/mol. The molecule has 0 bridgehead atoms. The van der Waals surface area contributed by atoms with Crippen molar-refractivity contribution in [1.82, 2.24) is 19.0 Å². The summed E-state index contributed by atoms with van der Waals surface area (Å²) in [6.07, 6.45) is 3.00. The van der Waals surface area contributed by atoms with Gasteiger partial charge in [-0.1, -0.05) is 29.3 Å². The number of benzene rings is 1. The summed E-state index contributed by atoms with van der Waals surface area (Å²) < 4.78 is 28.5. The van der Waals surface area contributed by atoms with Gasteiger partial charge in [-0.15, -0.1) is 0 Å². The van der Waals surface area contributed by atoms with E-state index in [0.29, 0.717) is 42.8 Å². The molecule has 1 aliphatic heterocycles. The molecule has 1 fully saturated rings. The molecule has 3 rings (SSSR count). The van der Waals surface area contributed by atoms with Crippen molar-refractivity contribution in [3.05, 3.63) is 46.2 Å². The topological polar surface area (TPSA) is 58.4 Å². The number of hydrogen-bond donors (Lipinski definition) is 0. The Morgan fingerprint density at radius 3 is 2.44 bits per heavy atom. The molecular formula is C16H20Cl2N4O2S. The number of piperazine rings is 1. The highest BCUT2D eigenvalue weighted by atomic mass is 35.5. The fourth-order valence-corrected chi connectivity index (χ4v) is 4.52. The Kier molecular flexibility index (Phi) is 5.70.